The van der Waals surface area contributed by atoms with Gasteiger partial charge >= 0.3 is 12.1 Å². The van der Waals surface area contributed by atoms with E-state index in [1.54, 1.807) is 12.1 Å². The van der Waals surface area contributed by atoms with Crippen LogP contribution in [0.1, 0.15) is 25.7 Å². The quantitative estimate of drug-likeness (QED) is 0.257. The lowest BCUT2D eigenvalue weighted by atomic mass is 9.82. The molecule has 0 bridgehead atoms. The van der Waals surface area contributed by atoms with E-state index in [0.717, 1.165) is 48.9 Å². The number of para-hydroxylation sites is 1. The molecule has 0 aliphatic heterocycles. The van der Waals surface area contributed by atoms with E-state index in [-0.39, 0.29) is 4.90 Å². The van der Waals surface area contributed by atoms with E-state index >= 15 is 0 Å². The summed E-state index contributed by atoms with van der Waals surface area (Å²) < 4.78 is 70.8. The zero-order valence-corrected chi connectivity index (χ0v) is 24.2. The Balaban J connectivity index is 0.000000616. The molecule has 15 heteroatoms. The molecule has 3 aromatic rings. The summed E-state index contributed by atoms with van der Waals surface area (Å²) in [6.07, 6.45) is -1.11. The first-order valence-electron chi connectivity index (χ1n) is 13.1. The molecule has 42 heavy (non-hydrogen) atoms. The Morgan fingerprint density at radius 3 is 2.19 bits per heavy atom. The van der Waals surface area contributed by atoms with Gasteiger partial charge in [0.1, 0.15) is 22.2 Å². The summed E-state index contributed by atoms with van der Waals surface area (Å²) in [6, 6.07) is 12.7. The molecule has 4 rings (SSSR count). The number of sulfonamides is 1. The summed E-state index contributed by atoms with van der Waals surface area (Å²) in [7, 11) is 1.11. The number of fused-ring (bicyclic) bond motifs is 1. The summed E-state index contributed by atoms with van der Waals surface area (Å²) in [6.45, 7) is 1.20. The Morgan fingerprint density at radius 2 is 1.62 bits per heavy atom. The van der Waals surface area contributed by atoms with Crippen molar-refractivity contribution >= 4 is 38.7 Å². The number of alkyl halides is 3. The fourth-order valence-electron chi connectivity index (χ4n) is 4.52. The average molecular weight is 614 g/mol. The third-order valence-corrected chi connectivity index (χ3v) is 8.26. The molecule has 0 spiro atoms. The topological polar surface area (TPSA) is 152 Å². The van der Waals surface area contributed by atoms with Crippen LogP contribution in [-0.2, 0) is 14.8 Å². The van der Waals surface area contributed by atoms with Crippen LogP contribution in [0.5, 0.6) is 11.5 Å². The Bertz CT molecular complexity index is 1460. The van der Waals surface area contributed by atoms with Gasteiger partial charge in [-0.15, -0.1) is 0 Å². The van der Waals surface area contributed by atoms with E-state index in [1.165, 1.54) is 20.3 Å². The van der Waals surface area contributed by atoms with Gasteiger partial charge in [0, 0.05) is 31.6 Å². The molecule has 0 saturated heterocycles. The van der Waals surface area contributed by atoms with Crippen LogP contribution in [0.4, 0.5) is 24.9 Å². The monoisotopic (exact) mass is 613 g/mol. The van der Waals surface area contributed by atoms with Crippen molar-refractivity contribution < 1.29 is 41.0 Å². The van der Waals surface area contributed by atoms with E-state index in [1.807, 2.05) is 31.3 Å². The van der Waals surface area contributed by atoms with Gasteiger partial charge in [-0.2, -0.15) is 18.2 Å². The number of carboxylic acids is 1. The number of rotatable bonds is 10. The predicted molar refractivity (Wildman–Crippen MR) is 151 cm³/mol. The second-order valence-corrected chi connectivity index (χ2v) is 11.3. The fourth-order valence-corrected chi connectivity index (χ4v) is 5.82. The molecule has 230 valence electrons. The average Bonchev–Trinajstić information content (AvgIpc) is 2.98. The Hall–Kier alpha value is -3.85. The van der Waals surface area contributed by atoms with Crippen LogP contribution in [0.3, 0.4) is 0 Å². The number of hydrogen-bond acceptors (Lipinski definition) is 9. The molecule has 1 aliphatic rings. The number of nitrogens with zero attached hydrogens (tertiary/aromatic N) is 2. The van der Waals surface area contributed by atoms with Crippen molar-refractivity contribution in [3.63, 3.8) is 0 Å². The molecule has 0 unspecified atom stereocenters. The standard InChI is InChI=1S/C25H33N5O4S.C2HF3O2/c1-26-24-20-6-4-5-7-21(20)29-25(30-24)27-15-17-8-10-18(11-9-17)16-28-35(31,32)23-14-19(33-2)12-13-22(23)34-3;3-2(4,5)1(6)7/h4-7,12-14,17-18,28H,8-11,15-16H2,1-3H3,(H2,26,27,29,30);(H,6,7). The molecule has 2 aromatic carbocycles. The van der Waals surface area contributed by atoms with Crippen molar-refractivity contribution in [1.82, 2.24) is 14.7 Å². The second kappa shape index (κ2) is 14.4. The van der Waals surface area contributed by atoms with Gasteiger partial charge in [-0.3, -0.25) is 0 Å². The number of hydrogen-bond donors (Lipinski definition) is 4. The van der Waals surface area contributed by atoms with Gasteiger partial charge in [0.15, 0.2) is 0 Å². The van der Waals surface area contributed by atoms with Crippen LogP contribution in [-0.4, -0.2) is 70.0 Å². The predicted octanol–water partition coefficient (Wildman–Crippen LogP) is 4.52. The van der Waals surface area contributed by atoms with Crippen LogP contribution in [0.15, 0.2) is 47.4 Å². The normalized spacial score (nSPS) is 17.1. The first-order valence-corrected chi connectivity index (χ1v) is 14.6. The molecule has 1 saturated carbocycles. The summed E-state index contributed by atoms with van der Waals surface area (Å²) in [5, 5.41) is 14.7. The number of carboxylic acid groups (broad SMARTS) is 1. The minimum atomic E-state index is -5.08. The van der Waals surface area contributed by atoms with Crippen LogP contribution in [0, 0.1) is 11.8 Å². The number of methoxy groups -OCH3 is 2. The van der Waals surface area contributed by atoms with Gasteiger partial charge in [0.05, 0.1) is 19.7 Å². The van der Waals surface area contributed by atoms with Crippen molar-refractivity contribution in [2.75, 3.05) is 45.0 Å². The maximum atomic E-state index is 12.9. The van der Waals surface area contributed by atoms with Crippen LogP contribution in [0.2, 0.25) is 0 Å². The number of aromatic nitrogens is 2. The number of ether oxygens (including phenoxy) is 2. The number of benzene rings is 2. The SMILES string of the molecule is CNc1nc(NCC2CCC(CNS(=O)(=O)c3cc(OC)ccc3OC)CC2)nc2ccccc12.O=C(O)C(F)(F)F. The van der Waals surface area contributed by atoms with Crippen molar-refractivity contribution in [2.45, 2.75) is 36.8 Å². The van der Waals surface area contributed by atoms with Crippen molar-refractivity contribution in [1.29, 1.82) is 0 Å². The van der Waals surface area contributed by atoms with Gasteiger partial charge < -0.3 is 25.2 Å². The maximum Gasteiger partial charge on any atom is 0.490 e. The van der Waals surface area contributed by atoms with Gasteiger partial charge in [0.2, 0.25) is 16.0 Å². The lowest BCUT2D eigenvalue weighted by Crippen LogP contribution is -2.32. The highest BCUT2D eigenvalue weighted by molar-refractivity contribution is 7.89. The second-order valence-electron chi connectivity index (χ2n) is 9.60. The lowest BCUT2D eigenvalue weighted by Gasteiger charge is -2.28. The van der Waals surface area contributed by atoms with E-state index in [4.69, 9.17) is 19.4 Å². The minimum Gasteiger partial charge on any atom is -0.497 e. The number of halogens is 3. The summed E-state index contributed by atoms with van der Waals surface area (Å²) in [5.74, 6) is 0.228. The molecule has 1 aromatic heterocycles. The van der Waals surface area contributed by atoms with E-state index < -0.39 is 22.2 Å². The van der Waals surface area contributed by atoms with Crippen molar-refractivity contribution in [2.24, 2.45) is 11.8 Å². The molecule has 4 N–H and O–H groups in total. The zero-order valence-electron chi connectivity index (χ0n) is 23.4. The van der Waals surface area contributed by atoms with Gasteiger partial charge in [0.25, 0.3) is 0 Å². The maximum absolute atomic E-state index is 12.9. The van der Waals surface area contributed by atoms with Crippen LogP contribution in [0.25, 0.3) is 10.9 Å². The van der Waals surface area contributed by atoms with E-state index in [2.05, 4.69) is 25.3 Å². The van der Waals surface area contributed by atoms with Gasteiger partial charge in [-0.1, -0.05) is 12.1 Å². The third kappa shape index (κ3) is 8.82. The van der Waals surface area contributed by atoms with Gasteiger partial charge in [-0.05, 0) is 61.8 Å². The molecule has 1 aliphatic carbocycles. The number of carbonyl (C=O) groups is 1. The van der Waals surface area contributed by atoms with Crippen molar-refractivity contribution in [3.05, 3.63) is 42.5 Å². The summed E-state index contributed by atoms with van der Waals surface area (Å²) in [4.78, 5) is 18.2. The zero-order chi connectivity index (χ0) is 30.9. The number of aliphatic carboxylic acids is 1. The highest BCUT2D eigenvalue weighted by Gasteiger charge is 2.38. The highest BCUT2D eigenvalue weighted by Crippen LogP contribution is 2.31. The molecular formula is C27H34F3N5O6S. The molecule has 0 atom stereocenters. The molecule has 1 heterocycles. The molecule has 0 amide bonds. The summed E-state index contributed by atoms with van der Waals surface area (Å²) in [5.41, 5.74) is 0.901. The molecule has 0 radical (unpaired) electrons. The Morgan fingerprint density at radius 1 is 1.00 bits per heavy atom. The van der Waals surface area contributed by atoms with Crippen LogP contribution >= 0.6 is 0 Å². The number of anilines is 2. The van der Waals surface area contributed by atoms with E-state index in [9.17, 15) is 21.6 Å². The third-order valence-electron chi connectivity index (χ3n) is 6.82. The van der Waals surface area contributed by atoms with Crippen LogP contribution < -0.4 is 24.8 Å². The van der Waals surface area contributed by atoms with E-state index in [0.29, 0.717) is 35.8 Å². The first kappa shape index (κ1) is 32.7. The Labute approximate surface area is 241 Å². The molecular weight excluding hydrogens is 579 g/mol. The van der Waals surface area contributed by atoms with Crippen molar-refractivity contribution in [3.8, 4) is 11.5 Å². The first-order chi connectivity index (χ1) is 19.9. The molecule has 11 nitrogen and oxygen atoms in total. The lowest BCUT2D eigenvalue weighted by molar-refractivity contribution is -0.192. The fraction of sp³-hybridized carbons (Fsp3) is 0.444. The smallest absolute Gasteiger partial charge is 0.490 e. The largest absolute Gasteiger partial charge is 0.497 e. The Kier molecular flexibility index (Phi) is 11.2. The molecule has 1 fully saturated rings. The number of nitrogens with one attached hydrogen (secondary N) is 3. The highest BCUT2D eigenvalue weighted by atomic mass is 32.2. The summed E-state index contributed by atoms with van der Waals surface area (Å²) >= 11 is 0. The minimum absolute atomic E-state index is 0.0913. The van der Waals surface area contributed by atoms with Gasteiger partial charge in [-0.25, -0.2) is 22.9 Å².